The van der Waals surface area contributed by atoms with Crippen LogP contribution in [0.25, 0.3) is 0 Å². The van der Waals surface area contributed by atoms with E-state index in [9.17, 15) is 22.0 Å². The van der Waals surface area contributed by atoms with Crippen LogP contribution in [0.15, 0.2) is 0 Å². The number of halogens is 5. The molecule has 0 spiro atoms. The molecule has 0 amide bonds. The summed E-state index contributed by atoms with van der Waals surface area (Å²) in [6.07, 6.45) is -4.19. The summed E-state index contributed by atoms with van der Waals surface area (Å²) in [5, 5.41) is 0. The summed E-state index contributed by atoms with van der Waals surface area (Å²) in [4.78, 5) is 0. The zero-order chi connectivity index (χ0) is 28.1. The van der Waals surface area contributed by atoms with E-state index >= 15 is 0 Å². The number of ether oxygens (including phenoxy) is 1. The molecule has 0 aromatic heterocycles. The molecule has 1 rings (SSSR count). The van der Waals surface area contributed by atoms with Crippen LogP contribution < -0.4 is 0 Å². The second-order valence-corrected chi connectivity index (χ2v) is 24.5. The van der Waals surface area contributed by atoms with Gasteiger partial charge < -0.3 is 22.4 Å². The van der Waals surface area contributed by atoms with E-state index in [0.29, 0.717) is 32.7 Å². The summed E-state index contributed by atoms with van der Waals surface area (Å²) in [5.74, 6) is -4.86. The molecule has 5 nitrogen and oxygen atoms in total. The van der Waals surface area contributed by atoms with E-state index in [-0.39, 0.29) is 23.7 Å². The normalized spacial score (nSPS) is 22.7. The first-order valence-electron chi connectivity index (χ1n) is 12.9. The Morgan fingerprint density at radius 1 is 0.861 bits per heavy atom. The minimum Gasteiger partial charge on any atom is -0.414 e. The molecule has 1 fully saturated rings. The predicted molar refractivity (Wildman–Crippen MR) is 139 cm³/mol. The second-order valence-electron chi connectivity index (χ2n) is 11.7. The van der Waals surface area contributed by atoms with Gasteiger partial charge in [0.25, 0.3) is 0 Å². The maximum atomic E-state index is 13.2. The number of alkyl halides is 5. The van der Waals surface area contributed by atoms with Crippen LogP contribution in [0, 0.1) is 5.41 Å². The van der Waals surface area contributed by atoms with E-state index < -0.39 is 43.9 Å². The molecule has 1 saturated carbocycles. The van der Waals surface area contributed by atoms with Gasteiger partial charge in [-0.2, -0.15) is 22.0 Å². The van der Waals surface area contributed by atoms with Gasteiger partial charge in [0.05, 0.1) is 6.10 Å². The van der Waals surface area contributed by atoms with Crippen molar-refractivity contribution in [3.8, 4) is 0 Å². The Labute approximate surface area is 217 Å². The molecule has 0 saturated heterocycles. The highest BCUT2D eigenvalue weighted by molar-refractivity contribution is 6.76. The summed E-state index contributed by atoms with van der Waals surface area (Å²) < 4.78 is 94.0. The minimum atomic E-state index is -5.62. The van der Waals surface area contributed by atoms with E-state index in [1.807, 2.05) is 20.8 Å². The van der Waals surface area contributed by atoms with Crippen molar-refractivity contribution < 1.29 is 44.4 Å². The van der Waals surface area contributed by atoms with Crippen LogP contribution in [0.1, 0.15) is 40.0 Å². The third-order valence-corrected chi connectivity index (χ3v) is 12.4. The van der Waals surface area contributed by atoms with Gasteiger partial charge in [0.1, 0.15) is 6.61 Å². The summed E-state index contributed by atoms with van der Waals surface area (Å²) in [5.41, 5.74) is -0.194. The van der Waals surface area contributed by atoms with Crippen molar-refractivity contribution in [3.05, 3.63) is 0 Å². The highest BCUT2D eigenvalue weighted by atomic mass is 28.4. The molecule has 3 unspecified atom stereocenters. The third kappa shape index (κ3) is 9.69. The molecule has 0 radical (unpaired) electrons. The number of hydrogen-bond donors (Lipinski definition) is 0. The van der Waals surface area contributed by atoms with Crippen molar-refractivity contribution in [3.63, 3.8) is 0 Å². The number of hydrogen-bond acceptors (Lipinski definition) is 5. The molecule has 0 N–H and O–H groups in total. The van der Waals surface area contributed by atoms with Crippen molar-refractivity contribution in [1.29, 1.82) is 0 Å². The molecule has 0 heterocycles. The Morgan fingerprint density at radius 2 is 1.36 bits per heavy atom. The van der Waals surface area contributed by atoms with Crippen LogP contribution in [-0.2, 0) is 22.4 Å². The molecule has 0 aromatic carbocycles. The highest BCUT2D eigenvalue weighted by Gasteiger charge is 2.73. The lowest BCUT2D eigenvalue weighted by Gasteiger charge is -2.39. The molecule has 3 atom stereocenters. The van der Waals surface area contributed by atoms with Gasteiger partial charge in [-0.3, -0.25) is 0 Å². The van der Waals surface area contributed by atoms with Gasteiger partial charge in [0.15, 0.2) is 8.32 Å². The largest absolute Gasteiger partial charge is 0.504 e. The molecule has 36 heavy (non-hydrogen) atoms. The van der Waals surface area contributed by atoms with E-state index in [4.69, 9.17) is 22.4 Å². The van der Waals surface area contributed by atoms with E-state index in [2.05, 4.69) is 39.3 Å². The molecule has 1 aliphatic rings. The lowest BCUT2D eigenvalue weighted by atomic mass is 9.97. The van der Waals surface area contributed by atoms with Gasteiger partial charge in [0.2, 0.25) is 0 Å². The van der Waals surface area contributed by atoms with E-state index in [0.717, 1.165) is 12.5 Å². The number of rotatable bonds is 18. The monoisotopic (exact) mass is 582 g/mol. The van der Waals surface area contributed by atoms with Crippen LogP contribution in [0.3, 0.4) is 0 Å². The Balaban J connectivity index is 3.17. The van der Waals surface area contributed by atoms with Crippen LogP contribution >= 0.6 is 0 Å². The fraction of sp³-hybridized carbons (Fsp3) is 1.00. The van der Waals surface area contributed by atoms with Gasteiger partial charge in [-0.25, -0.2) is 0 Å². The molecular weight excluding hydrogens is 535 g/mol. The molecule has 0 aliphatic heterocycles. The molecule has 13 heteroatoms. The summed E-state index contributed by atoms with van der Waals surface area (Å²) in [6.45, 7) is 18.5. The zero-order valence-electron chi connectivity index (χ0n) is 23.4. The average Bonchev–Trinajstić information content (AvgIpc) is 3.39. The molecule has 216 valence electrons. The maximum absolute atomic E-state index is 13.2. The molecule has 1 aliphatic carbocycles. The van der Waals surface area contributed by atoms with Crippen LogP contribution in [-0.4, -0.2) is 76.4 Å². The second kappa shape index (κ2) is 13.0. The third-order valence-electron chi connectivity index (χ3n) is 6.03. The SMILES string of the molecule is CCO[Si](OCC)(OCC)C1CC1(C[Si](C)(C)C)C(CCCOCC(F)(F)C(F)(F)F)O[Si](C)(C)C. The van der Waals surface area contributed by atoms with Gasteiger partial charge in [0, 0.05) is 45.5 Å². The summed E-state index contributed by atoms with van der Waals surface area (Å²) >= 11 is 0. The molecular formula is C23H47F5O5Si3. The van der Waals surface area contributed by atoms with Crippen molar-refractivity contribution in [1.82, 2.24) is 0 Å². The lowest BCUT2D eigenvalue weighted by Crippen LogP contribution is -2.50. The van der Waals surface area contributed by atoms with Crippen LogP contribution in [0.4, 0.5) is 22.0 Å². The summed E-state index contributed by atoms with van der Waals surface area (Å²) in [6, 6.07) is 0.953. The van der Waals surface area contributed by atoms with Crippen LogP contribution in [0.2, 0.25) is 50.9 Å². The van der Waals surface area contributed by atoms with Gasteiger partial charge in [-0.1, -0.05) is 19.6 Å². The van der Waals surface area contributed by atoms with Gasteiger partial charge in [-0.05, 0) is 65.7 Å². The van der Waals surface area contributed by atoms with E-state index in [1.165, 1.54) is 0 Å². The lowest BCUT2D eigenvalue weighted by molar-refractivity contribution is -0.296. The average molecular weight is 583 g/mol. The fourth-order valence-electron chi connectivity index (χ4n) is 5.02. The van der Waals surface area contributed by atoms with Crippen molar-refractivity contribution >= 4 is 25.2 Å². The topological polar surface area (TPSA) is 46.2 Å². The molecule has 0 aromatic rings. The van der Waals surface area contributed by atoms with Crippen LogP contribution in [0.5, 0.6) is 0 Å². The Morgan fingerprint density at radius 3 is 1.75 bits per heavy atom. The van der Waals surface area contributed by atoms with Crippen molar-refractivity contribution in [2.24, 2.45) is 5.41 Å². The minimum absolute atomic E-state index is 0.0495. The zero-order valence-corrected chi connectivity index (χ0v) is 26.4. The van der Waals surface area contributed by atoms with Crippen molar-refractivity contribution in [2.45, 2.75) is 109 Å². The van der Waals surface area contributed by atoms with Gasteiger partial charge >= 0.3 is 20.9 Å². The first-order chi connectivity index (χ1) is 16.3. The summed E-state index contributed by atoms with van der Waals surface area (Å²) in [7, 11) is -6.69. The van der Waals surface area contributed by atoms with E-state index in [1.54, 1.807) is 0 Å². The first-order valence-corrected chi connectivity index (χ1v) is 21.8. The quantitative estimate of drug-likeness (QED) is 0.0961. The highest BCUT2D eigenvalue weighted by Crippen LogP contribution is 2.70. The maximum Gasteiger partial charge on any atom is 0.504 e. The Kier molecular flexibility index (Phi) is 12.3. The Bertz CT molecular complexity index is 653. The first kappa shape index (κ1) is 34.1. The smallest absolute Gasteiger partial charge is 0.414 e. The Hall–Kier alpha value is 0.101. The van der Waals surface area contributed by atoms with Crippen molar-refractivity contribution in [2.75, 3.05) is 33.0 Å². The fourth-order valence-corrected chi connectivity index (χ4v) is 12.7. The predicted octanol–water partition coefficient (Wildman–Crippen LogP) is 7.35. The molecule has 0 bridgehead atoms. The standard InChI is InChI=1S/C23H47F5O5Si3/c1-10-30-36(31-11-2,32-12-3)20-16-21(20,18-34(4,5)6)19(33-35(7,8)9)14-13-15-29-17-22(24,25)23(26,27)28/h19-20H,10-18H2,1-9H3. The van der Waals surface area contributed by atoms with Gasteiger partial charge in [-0.15, -0.1) is 0 Å².